The second-order valence-corrected chi connectivity index (χ2v) is 7.80. The van der Waals surface area contributed by atoms with Gasteiger partial charge < -0.3 is 14.4 Å². The number of likely N-dealkylation sites (N-methyl/N-ethyl adjacent to an activating group) is 1. The number of aromatic nitrogens is 1. The zero-order valence-corrected chi connectivity index (χ0v) is 16.7. The molecule has 1 atom stereocenters. The lowest BCUT2D eigenvalue weighted by Crippen LogP contribution is -2.27. The van der Waals surface area contributed by atoms with Crippen molar-refractivity contribution in [3.05, 3.63) is 59.1 Å². The minimum Gasteiger partial charge on any atom is -0.490 e. The fraction of sp³-hybridized carbons (Fsp3) is 0.273. The molecule has 1 unspecified atom stereocenters. The van der Waals surface area contributed by atoms with E-state index in [1.165, 1.54) is 0 Å². The van der Waals surface area contributed by atoms with E-state index >= 15 is 0 Å². The third-order valence-electron chi connectivity index (χ3n) is 4.79. The smallest absolute Gasteiger partial charge is 0.246 e. The van der Waals surface area contributed by atoms with Gasteiger partial charge in [-0.25, -0.2) is 4.98 Å². The number of fused-ring (bicyclic) bond motifs is 2. The van der Waals surface area contributed by atoms with Gasteiger partial charge in [-0.1, -0.05) is 18.2 Å². The van der Waals surface area contributed by atoms with E-state index in [2.05, 4.69) is 11.1 Å². The predicted molar refractivity (Wildman–Crippen MR) is 112 cm³/mol. The predicted octanol–water partition coefficient (Wildman–Crippen LogP) is 4.69. The maximum atomic E-state index is 12.7. The molecule has 2 aromatic carbocycles. The van der Waals surface area contributed by atoms with Crippen LogP contribution in [0.25, 0.3) is 16.3 Å². The third kappa shape index (κ3) is 3.87. The largest absolute Gasteiger partial charge is 0.490 e. The second kappa shape index (κ2) is 8.02. The Balaban J connectivity index is 1.47. The molecule has 6 heteroatoms. The van der Waals surface area contributed by atoms with Gasteiger partial charge in [-0.05, 0) is 42.8 Å². The molecule has 4 rings (SSSR count). The van der Waals surface area contributed by atoms with Crippen molar-refractivity contribution in [3.8, 4) is 11.5 Å². The Morgan fingerprint density at radius 3 is 2.79 bits per heavy atom. The van der Waals surface area contributed by atoms with E-state index in [0.29, 0.717) is 13.2 Å². The van der Waals surface area contributed by atoms with Crippen molar-refractivity contribution in [3.63, 3.8) is 0 Å². The first-order valence-corrected chi connectivity index (χ1v) is 10.1. The quantitative estimate of drug-likeness (QED) is 0.603. The monoisotopic (exact) mass is 394 g/mol. The Bertz CT molecular complexity index is 995. The molecule has 1 aromatic heterocycles. The van der Waals surface area contributed by atoms with Gasteiger partial charge >= 0.3 is 0 Å². The number of hydrogen-bond donors (Lipinski definition) is 0. The third-order valence-corrected chi connectivity index (χ3v) is 5.99. The summed E-state index contributed by atoms with van der Waals surface area (Å²) in [5, 5.41) is 0.932. The molecule has 0 fully saturated rings. The number of rotatable bonds is 4. The van der Waals surface area contributed by atoms with Gasteiger partial charge in [0, 0.05) is 19.5 Å². The minimum absolute atomic E-state index is 0.0705. The van der Waals surface area contributed by atoms with Crippen molar-refractivity contribution >= 4 is 33.5 Å². The van der Waals surface area contributed by atoms with Gasteiger partial charge in [0.25, 0.3) is 0 Å². The Hall–Kier alpha value is -2.86. The van der Waals surface area contributed by atoms with Crippen LogP contribution in [0.15, 0.2) is 48.5 Å². The molecule has 0 saturated carbocycles. The van der Waals surface area contributed by atoms with Crippen molar-refractivity contribution in [2.75, 3.05) is 20.3 Å². The first kappa shape index (κ1) is 18.5. The average Bonchev–Trinajstić information content (AvgIpc) is 3.02. The van der Waals surface area contributed by atoms with Crippen molar-refractivity contribution in [1.82, 2.24) is 9.88 Å². The first-order chi connectivity index (χ1) is 13.6. The molecule has 0 aliphatic carbocycles. The summed E-state index contributed by atoms with van der Waals surface area (Å²) in [4.78, 5) is 19.0. The number of benzene rings is 2. The van der Waals surface area contributed by atoms with E-state index in [1.54, 1.807) is 35.4 Å². The Kier molecular flexibility index (Phi) is 5.30. The van der Waals surface area contributed by atoms with Crippen LogP contribution in [-0.4, -0.2) is 36.1 Å². The zero-order valence-electron chi connectivity index (χ0n) is 15.9. The summed E-state index contributed by atoms with van der Waals surface area (Å²) in [7, 11) is 1.80. The van der Waals surface area contributed by atoms with E-state index in [9.17, 15) is 4.79 Å². The fourth-order valence-corrected chi connectivity index (χ4v) is 4.06. The maximum absolute atomic E-state index is 12.7. The topological polar surface area (TPSA) is 51.7 Å². The molecule has 2 heterocycles. The number of carbonyl (C=O) groups is 1. The van der Waals surface area contributed by atoms with Crippen LogP contribution in [0, 0.1) is 0 Å². The lowest BCUT2D eigenvalue weighted by Gasteiger charge is -2.21. The van der Waals surface area contributed by atoms with Crippen LogP contribution in [0.2, 0.25) is 0 Å². The first-order valence-electron chi connectivity index (χ1n) is 9.32. The lowest BCUT2D eigenvalue weighted by molar-refractivity contribution is -0.126. The molecule has 144 valence electrons. The van der Waals surface area contributed by atoms with Crippen molar-refractivity contribution < 1.29 is 14.3 Å². The Labute approximate surface area is 168 Å². The van der Waals surface area contributed by atoms with E-state index in [1.807, 2.05) is 43.3 Å². The molecule has 0 N–H and O–H groups in total. The molecule has 3 aromatic rings. The van der Waals surface area contributed by atoms with Crippen LogP contribution in [0.4, 0.5) is 0 Å². The van der Waals surface area contributed by atoms with Gasteiger partial charge in [-0.3, -0.25) is 4.79 Å². The molecule has 1 aliphatic rings. The van der Waals surface area contributed by atoms with Gasteiger partial charge in [-0.2, -0.15) is 0 Å². The molecule has 0 radical (unpaired) electrons. The zero-order chi connectivity index (χ0) is 19.5. The molecule has 0 spiro atoms. The van der Waals surface area contributed by atoms with Crippen molar-refractivity contribution in [2.24, 2.45) is 0 Å². The standard InChI is InChI=1S/C22H22N2O3S/c1-15(22-23-17-6-3-4-7-20(17)28-22)24(2)21(25)11-9-16-8-10-18-19(14-16)27-13-5-12-26-18/h3-4,6-11,14-15H,5,12-13H2,1-2H3/b11-9+. The maximum Gasteiger partial charge on any atom is 0.246 e. The van der Waals surface area contributed by atoms with Crippen LogP contribution in [0.3, 0.4) is 0 Å². The number of nitrogens with zero attached hydrogens (tertiary/aromatic N) is 2. The summed E-state index contributed by atoms with van der Waals surface area (Å²) >= 11 is 1.62. The highest BCUT2D eigenvalue weighted by molar-refractivity contribution is 7.18. The van der Waals surface area contributed by atoms with Crippen LogP contribution in [-0.2, 0) is 4.79 Å². The highest BCUT2D eigenvalue weighted by Gasteiger charge is 2.19. The summed E-state index contributed by atoms with van der Waals surface area (Å²) in [5.41, 5.74) is 1.87. The highest BCUT2D eigenvalue weighted by atomic mass is 32.1. The van der Waals surface area contributed by atoms with Crippen molar-refractivity contribution in [2.45, 2.75) is 19.4 Å². The second-order valence-electron chi connectivity index (χ2n) is 6.73. The van der Waals surface area contributed by atoms with Gasteiger partial charge in [0.1, 0.15) is 5.01 Å². The molecule has 0 bridgehead atoms. The summed E-state index contributed by atoms with van der Waals surface area (Å²) in [5.74, 6) is 1.41. The molecular weight excluding hydrogens is 372 g/mol. The number of thiazole rings is 1. The SMILES string of the molecule is CC(c1nc2ccccc2s1)N(C)C(=O)/C=C/c1ccc2c(c1)OCCCO2. The number of ether oxygens (including phenoxy) is 2. The van der Waals surface area contributed by atoms with Crippen LogP contribution < -0.4 is 9.47 Å². The number of para-hydroxylation sites is 1. The fourth-order valence-electron chi connectivity index (χ4n) is 2.99. The lowest BCUT2D eigenvalue weighted by atomic mass is 10.2. The Morgan fingerprint density at radius 2 is 1.96 bits per heavy atom. The molecular formula is C22H22N2O3S. The molecule has 5 nitrogen and oxygen atoms in total. The molecule has 28 heavy (non-hydrogen) atoms. The van der Waals surface area contributed by atoms with Crippen LogP contribution in [0.1, 0.15) is 30.0 Å². The number of hydrogen-bond acceptors (Lipinski definition) is 5. The molecule has 1 aliphatic heterocycles. The van der Waals surface area contributed by atoms with E-state index in [4.69, 9.17) is 9.47 Å². The highest BCUT2D eigenvalue weighted by Crippen LogP contribution is 2.31. The van der Waals surface area contributed by atoms with E-state index in [-0.39, 0.29) is 11.9 Å². The minimum atomic E-state index is -0.0988. The van der Waals surface area contributed by atoms with Crippen LogP contribution in [0.5, 0.6) is 11.5 Å². The van der Waals surface area contributed by atoms with Crippen molar-refractivity contribution in [1.29, 1.82) is 0 Å². The summed E-state index contributed by atoms with van der Waals surface area (Å²) < 4.78 is 12.5. The normalized spacial score (nSPS) is 14.8. The molecule has 1 amide bonds. The summed E-state index contributed by atoms with van der Waals surface area (Å²) in [6.07, 6.45) is 4.26. The summed E-state index contributed by atoms with van der Waals surface area (Å²) in [6, 6.07) is 13.6. The molecule has 0 saturated heterocycles. The van der Waals surface area contributed by atoms with E-state index in [0.717, 1.165) is 38.7 Å². The Morgan fingerprint density at radius 1 is 1.18 bits per heavy atom. The van der Waals surface area contributed by atoms with Crippen LogP contribution >= 0.6 is 11.3 Å². The van der Waals surface area contributed by atoms with E-state index < -0.39 is 0 Å². The average molecular weight is 394 g/mol. The summed E-state index contributed by atoms with van der Waals surface area (Å²) in [6.45, 7) is 3.30. The van der Waals surface area contributed by atoms with Gasteiger partial charge in [0.05, 0.1) is 29.5 Å². The number of amides is 1. The van der Waals surface area contributed by atoms with Gasteiger partial charge in [-0.15, -0.1) is 11.3 Å². The van der Waals surface area contributed by atoms with Gasteiger partial charge in [0.2, 0.25) is 5.91 Å². The number of carbonyl (C=O) groups excluding carboxylic acids is 1. The van der Waals surface area contributed by atoms with Gasteiger partial charge in [0.15, 0.2) is 11.5 Å².